The summed E-state index contributed by atoms with van der Waals surface area (Å²) in [6.45, 7) is 10.8. The molecule has 0 radical (unpaired) electrons. The second-order valence-corrected chi connectivity index (χ2v) is 9.58. The molecule has 3 nitrogen and oxygen atoms in total. The normalized spacial score (nSPS) is 18.9. The molecule has 0 saturated heterocycles. The van der Waals surface area contributed by atoms with E-state index in [0.717, 1.165) is 43.9 Å². The molecule has 0 amide bonds. The van der Waals surface area contributed by atoms with Gasteiger partial charge in [0.2, 0.25) is 0 Å². The standard InChI is InChI=1S/C17H14F2N2S.C9H19N.C2H6/c1-21-17(9-8-11-4-2-3-5-14(11)17)22-16(20-21)13-10-12(18)6-7-15(13)19;1-3-5-6-9(4-2)7-8-10;1-2/h2-7,10H,8-9H2,1H3;3,9H,1,4-8,10H2,2H3;1-2H3. The number of nitrogens with two attached hydrogens (primary N) is 1. The highest BCUT2D eigenvalue weighted by Gasteiger charge is 2.48. The van der Waals surface area contributed by atoms with Crippen LogP contribution < -0.4 is 5.73 Å². The maximum atomic E-state index is 14.0. The Hall–Kier alpha value is -2.18. The molecule has 2 N–H and O–H groups in total. The van der Waals surface area contributed by atoms with Gasteiger partial charge >= 0.3 is 0 Å². The molecule has 0 bridgehead atoms. The highest BCUT2D eigenvalue weighted by Crippen LogP contribution is 2.54. The first-order valence-electron chi connectivity index (χ1n) is 12.3. The van der Waals surface area contributed by atoms with Crippen LogP contribution in [-0.4, -0.2) is 23.6 Å². The molecule has 2 aromatic rings. The Morgan fingerprint density at radius 3 is 2.62 bits per heavy atom. The van der Waals surface area contributed by atoms with Gasteiger partial charge in [-0.1, -0.05) is 69.3 Å². The molecule has 2 atom stereocenters. The third-order valence-electron chi connectivity index (χ3n) is 6.29. The van der Waals surface area contributed by atoms with Gasteiger partial charge in [0.25, 0.3) is 0 Å². The van der Waals surface area contributed by atoms with E-state index in [-0.39, 0.29) is 10.4 Å². The molecule has 1 spiro atoms. The Morgan fingerprint density at radius 2 is 1.94 bits per heavy atom. The van der Waals surface area contributed by atoms with Gasteiger partial charge in [-0.15, -0.1) is 6.58 Å². The third-order valence-corrected chi connectivity index (χ3v) is 7.81. The fourth-order valence-electron chi connectivity index (χ4n) is 4.38. The molecular weight excluding hydrogens is 448 g/mol. The number of allylic oxidation sites excluding steroid dienone is 1. The highest BCUT2D eigenvalue weighted by molar-refractivity contribution is 8.15. The first kappa shape index (κ1) is 28.1. The van der Waals surface area contributed by atoms with Gasteiger partial charge in [0, 0.05) is 12.6 Å². The Balaban J connectivity index is 0.000000290. The zero-order valence-electron chi connectivity index (χ0n) is 21.0. The van der Waals surface area contributed by atoms with E-state index in [1.165, 1.54) is 48.2 Å². The maximum absolute atomic E-state index is 14.0. The lowest BCUT2D eigenvalue weighted by Crippen LogP contribution is -2.31. The summed E-state index contributed by atoms with van der Waals surface area (Å²) in [5.74, 6) is -0.0671. The molecule has 1 aliphatic heterocycles. The molecule has 2 unspecified atom stereocenters. The first-order valence-corrected chi connectivity index (χ1v) is 13.1. The fraction of sp³-hybridized carbons (Fsp3) is 0.464. The number of benzene rings is 2. The molecule has 0 aromatic heterocycles. The van der Waals surface area contributed by atoms with E-state index in [1.54, 1.807) is 0 Å². The van der Waals surface area contributed by atoms with Crippen LogP contribution in [0.15, 0.2) is 60.2 Å². The quantitative estimate of drug-likeness (QED) is 0.412. The van der Waals surface area contributed by atoms with Crippen LogP contribution in [0.25, 0.3) is 0 Å². The van der Waals surface area contributed by atoms with E-state index >= 15 is 0 Å². The van der Waals surface area contributed by atoms with Crippen LogP contribution >= 0.6 is 11.8 Å². The van der Waals surface area contributed by atoms with Crippen molar-refractivity contribution in [3.05, 3.63) is 83.4 Å². The number of hydrazone groups is 1. The molecule has 4 rings (SSSR count). The molecule has 2 aromatic carbocycles. The average Bonchev–Trinajstić information content (AvgIpc) is 3.40. The fourth-order valence-corrected chi connectivity index (χ4v) is 5.81. The van der Waals surface area contributed by atoms with Crippen molar-refractivity contribution in [2.24, 2.45) is 16.8 Å². The van der Waals surface area contributed by atoms with Gasteiger partial charge in [0.05, 0.1) is 0 Å². The molecule has 6 heteroatoms. The minimum atomic E-state index is -0.449. The molecule has 186 valence electrons. The molecule has 0 saturated carbocycles. The van der Waals surface area contributed by atoms with Gasteiger partial charge in [0.15, 0.2) is 0 Å². The van der Waals surface area contributed by atoms with Gasteiger partial charge in [0.1, 0.15) is 21.5 Å². The van der Waals surface area contributed by atoms with Crippen LogP contribution in [0.4, 0.5) is 8.78 Å². The van der Waals surface area contributed by atoms with E-state index < -0.39 is 11.6 Å². The summed E-state index contributed by atoms with van der Waals surface area (Å²) in [6.07, 6.45) is 8.70. The van der Waals surface area contributed by atoms with Crippen molar-refractivity contribution in [2.75, 3.05) is 13.6 Å². The van der Waals surface area contributed by atoms with Crippen molar-refractivity contribution < 1.29 is 8.78 Å². The molecule has 2 aliphatic rings. The highest BCUT2D eigenvalue weighted by atomic mass is 32.2. The lowest BCUT2D eigenvalue weighted by Gasteiger charge is -2.31. The number of aryl methyl sites for hydroxylation is 1. The van der Waals surface area contributed by atoms with E-state index in [0.29, 0.717) is 5.04 Å². The number of hydrogen-bond donors (Lipinski definition) is 1. The summed E-state index contributed by atoms with van der Waals surface area (Å²) in [5, 5.41) is 6.93. The van der Waals surface area contributed by atoms with Crippen molar-refractivity contribution in [3.63, 3.8) is 0 Å². The van der Waals surface area contributed by atoms with Gasteiger partial charge in [-0.05, 0) is 73.9 Å². The van der Waals surface area contributed by atoms with Crippen molar-refractivity contribution in [3.8, 4) is 0 Å². The number of halogens is 2. The Morgan fingerprint density at radius 1 is 1.21 bits per heavy atom. The van der Waals surface area contributed by atoms with Crippen molar-refractivity contribution in [1.82, 2.24) is 5.01 Å². The Kier molecular flexibility index (Phi) is 11.3. The lowest BCUT2D eigenvalue weighted by molar-refractivity contribution is 0.230. The Bertz CT molecular complexity index is 962. The summed E-state index contributed by atoms with van der Waals surface area (Å²) >= 11 is 1.52. The van der Waals surface area contributed by atoms with E-state index in [1.807, 2.05) is 44.1 Å². The molecule has 34 heavy (non-hydrogen) atoms. The molecular formula is C28H39F2N3S. The largest absolute Gasteiger partial charge is 0.330 e. The predicted octanol–water partition coefficient (Wildman–Crippen LogP) is 7.46. The van der Waals surface area contributed by atoms with Crippen LogP contribution in [0, 0.1) is 17.6 Å². The van der Waals surface area contributed by atoms with Crippen molar-refractivity contribution in [1.29, 1.82) is 0 Å². The predicted molar refractivity (Wildman–Crippen MR) is 143 cm³/mol. The minimum Gasteiger partial charge on any atom is -0.330 e. The first-order chi connectivity index (χ1) is 16.4. The average molecular weight is 488 g/mol. The zero-order chi connectivity index (χ0) is 25.1. The molecule has 1 heterocycles. The van der Waals surface area contributed by atoms with Crippen molar-refractivity contribution in [2.45, 2.75) is 64.2 Å². The van der Waals surface area contributed by atoms with Crippen LogP contribution in [-0.2, 0) is 11.3 Å². The summed E-state index contributed by atoms with van der Waals surface area (Å²) < 4.78 is 27.5. The number of fused-ring (bicyclic) bond motifs is 2. The van der Waals surface area contributed by atoms with Crippen LogP contribution in [0.1, 0.15) is 69.6 Å². The van der Waals surface area contributed by atoms with E-state index in [9.17, 15) is 8.78 Å². The van der Waals surface area contributed by atoms with Crippen LogP contribution in [0.3, 0.4) is 0 Å². The molecule has 1 aliphatic carbocycles. The number of hydrogen-bond acceptors (Lipinski definition) is 4. The number of nitrogens with zero attached hydrogens (tertiary/aromatic N) is 2. The lowest BCUT2D eigenvalue weighted by atomic mass is 9.97. The summed E-state index contributed by atoms with van der Waals surface area (Å²) in [7, 11) is 1.90. The minimum absolute atomic E-state index is 0.234. The monoisotopic (exact) mass is 487 g/mol. The zero-order valence-corrected chi connectivity index (χ0v) is 21.8. The Labute approximate surface area is 208 Å². The SMILES string of the molecule is C=CCCC(CC)CCN.CC.CN1N=C(c2cc(F)ccc2F)SC12CCc1ccccc12. The summed E-state index contributed by atoms with van der Waals surface area (Å²) in [5.41, 5.74) is 8.21. The number of thioether (sulfide) groups is 1. The second-order valence-electron chi connectivity index (χ2n) is 8.31. The number of rotatable bonds is 7. The van der Waals surface area contributed by atoms with Crippen molar-refractivity contribution >= 4 is 16.8 Å². The van der Waals surface area contributed by atoms with Gasteiger partial charge in [-0.25, -0.2) is 8.78 Å². The second kappa shape index (κ2) is 13.6. The van der Waals surface area contributed by atoms with Gasteiger partial charge in [-0.3, -0.25) is 5.01 Å². The summed E-state index contributed by atoms with van der Waals surface area (Å²) in [4.78, 5) is -0.301. The maximum Gasteiger partial charge on any atom is 0.134 e. The van der Waals surface area contributed by atoms with E-state index in [4.69, 9.17) is 5.73 Å². The molecule has 0 fully saturated rings. The topological polar surface area (TPSA) is 41.6 Å². The third kappa shape index (κ3) is 6.48. The van der Waals surface area contributed by atoms with E-state index in [2.05, 4.69) is 30.7 Å². The smallest absolute Gasteiger partial charge is 0.134 e. The van der Waals surface area contributed by atoms with Gasteiger partial charge in [-0.2, -0.15) is 5.10 Å². The summed E-state index contributed by atoms with van der Waals surface area (Å²) in [6, 6.07) is 11.8. The van der Waals surface area contributed by atoms with Gasteiger partial charge < -0.3 is 5.73 Å². The van der Waals surface area contributed by atoms with Crippen LogP contribution in [0.2, 0.25) is 0 Å². The van der Waals surface area contributed by atoms with Crippen LogP contribution in [0.5, 0.6) is 0 Å².